The minimum absolute atomic E-state index is 0.282. The normalized spacial score (nSPS) is 16.3. The Kier molecular flexibility index (Phi) is 4.84. The Bertz CT molecular complexity index is 366. The number of para-hydroxylation sites is 2. The molecule has 2 rings (SSSR count). The molecule has 1 atom stereocenters. The molecule has 0 amide bonds. The van der Waals surface area contributed by atoms with E-state index in [-0.39, 0.29) is 6.61 Å². The van der Waals surface area contributed by atoms with Gasteiger partial charge in [0, 0.05) is 12.6 Å². The molecule has 1 fully saturated rings. The standard InChI is InChI=1S/C14H21NO3/c1-2-17-13-5-3-4-6-14(13)18-10-12(16)9-15-11-7-8-11/h3-6,11-12,15-16H,2,7-10H2,1H3. The van der Waals surface area contributed by atoms with Gasteiger partial charge in [0.1, 0.15) is 12.7 Å². The fourth-order valence-corrected chi connectivity index (χ4v) is 1.68. The molecule has 0 aliphatic heterocycles. The largest absolute Gasteiger partial charge is 0.490 e. The first-order valence-electron chi connectivity index (χ1n) is 6.55. The van der Waals surface area contributed by atoms with Gasteiger partial charge in [0.05, 0.1) is 6.61 Å². The van der Waals surface area contributed by atoms with Gasteiger partial charge < -0.3 is 19.9 Å². The van der Waals surface area contributed by atoms with E-state index in [2.05, 4.69) is 5.32 Å². The molecule has 1 aliphatic rings. The molecule has 100 valence electrons. The van der Waals surface area contributed by atoms with Crippen LogP contribution in [0, 0.1) is 0 Å². The van der Waals surface area contributed by atoms with Crippen LogP contribution < -0.4 is 14.8 Å². The van der Waals surface area contributed by atoms with Gasteiger partial charge in [-0.05, 0) is 31.9 Å². The lowest BCUT2D eigenvalue weighted by molar-refractivity contribution is 0.104. The van der Waals surface area contributed by atoms with Gasteiger partial charge in [-0.3, -0.25) is 0 Å². The Morgan fingerprint density at radius 3 is 2.56 bits per heavy atom. The van der Waals surface area contributed by atoms with Gasteiger partial charge >= 0.3 is 0 Å². The highest BCUT2D eigenvalue weighted by molar-refractivity contribution is 5.39. The van der Waals surface area contributed by atoms with Crippen LogP contribution in [0.2, 0.25) is 0 Å². The number of aliphatic hydroxyl groups is 1. The van der Waals surface area contributed by atoms with Gasteiger partial charge in [-0.1, -0.05) is 12.1 Å². The molecule has 0 heterocycles. The van der Waals surface area contributed by atoms with Crippen molar-refractivity contribution >= 4 is 0 Å². The van der Waals surface area contributed by atoms with E-state index in [1.165, 1.54) is 12.8 Å². The Morgan fingerprint density at radius 1 is 1.28 bits per heavy atom. The molecule has 1 aliphatic carbocycles. The zero-order valence-corrected chi connectivity index (χ0v) is 10.8. The summed E-state index contributed by atoms with van der Waals surface area (Å²) >= 11 is 0. The van der Waals surface area contributed by atoms with Gasteiger partial charge in [0.25, 0.3) is 0 Å². The highest BCUT2D eigenvalue weighted by atomic mass is 16.5. The molecule has 0 bridgehead atoms. The zero-order valence-electron chi connectivity index (χ0n) is 10.8. The highest BCUT2D eigenvalue weighted by Gasteiger charge is 2.21. The molecule has 4 nitrogen and oxygen atoms in total. The van der Waals surface area contributed by atoms with Gasteiger partial charge in [0.15, 0.2) is 11.5 Å². The highest BCUT2D eigenvalue weighted by Crippen LogP contribution is 2.26. The van der Waals surface area contributed by atoms with Crippen molar-refractivity contribution in [3.05, 3.63) is 24.3 Å². The molecule has 1 aromatic rings. The minimum Gasteiger partial charge on any atom is -0.490 e. The average molecular weight is 251 g/mol. The topological polar surface area (TPSA) is 50.7 Å². The van der Waals surface area contributed by atoms with Crippen LogP contribution in [0.4, 0.5) is 0 Å². The Balaban J connectivity index is 1.77. The Morgan fingerprint density at radius 2 is 1.94 bits per heavy atom. The van der Waals surface area contributed by atoms with Crippen molar-refractivity contribution < 1.29 is 14.6 Å². The van der Waals surface area contributed by atoms with E-state index in [9.17, 15) is 5.11 Å². The molecule has 0 saturated heterocycles. The lowest BCUT2D eigenvalue weighted by Crippen LogP contribution is -2.32. The van der Waals surface area contributed by atoms with Crippen molar-refractivity contribution in [2.45, 2.75) is 31.9 Å². The van der Waals surface area contributed by atoms with E-state index in [4.69, 9.17) is 9.47 Å². The number of hydrogen-bond acceptors (Lipinski definition) is 4. The number of rotatable bonds is 8. The summed E-state index contributed by atoms with van der Waals surface area (Å²) in [6, 6.07) is 8.13. The fourth-order valence-electron chi connectivity index (χ4n) is 1.68. The van der Waals surface area contributed by atoms with Crippen LogP contribution in [0.5, 0.6) is 11.5 Å². The summed E-state index contributed by atoms with van der Waals surface area (Å²) < 4.78 is 11.0. The lowest BCUT2D eigenvalue weighted by Gasteiger charge is -2.15. The number of benzene rings is 1. The first-order valence-corrected chi connectivity index (χ1v) is 6.55. The lowest BCUT2D eigenvalue weighted by atomic mass is 10.3. The van der Waals surface area contributed by atoms with E-state index < -0.39 is 6.10 Å². The summed E-state index contributed by atoms with van der Waals surface area (Å²) in [6.07, 6.45) is 1.96. The molecular weight excluding hydrogens is 230 g/mol. The monoisotopic (exact) mass is 251 g/mol. The second-order valence-corrected chi connectivity index (χ2v) is 4.53. The number of nitrogens with one attached hydrogen (secondary N) is 1. The van der Waals surface area contributed by atoms with Crippen molar-refractivity contribution in [2.24, 2.45) is 0 Å². The SMILES string of the molecule is CCOc1ccccc1OCC(O)CNC1CC1. The van der Waals surface area contributed by atoms with Crippen molar-refractivity contribution in [3.63, 3.8) is 0 Å². The predicted molar refractivity (Wildman–Crippen MR) is 70.1 cm³/mol. The predicted octanol–water partition coefficient (Wildman–Crippen LogP) is 1.58. The first kappa shape index (κ1) is 13.2. The van der Waals surface area contributed by atoms with Crippen LogP contribution in [-0.4, -0.2) is 37.0 Å². The summed E-state index contributed by atoms with van der Waals surface area (Å²) in [4.78, 5) is 0. The minimum atomic E-state index is -0.486. The zero-order chi connectivity index (χ0) is 12.8. The van der Waals surface area contributed by atoms with E-state index in [1.807, 2.05) is 31.2 Å². The molecule has 4 heteroatoms. The van der Waals surface area contributed by atoms with Gasteiger partial charge in [-0.25, -0.2) is 0 Å². The van der Waals surface area contributed by atoms with Crippen molar-refractivity contribution in [1.82, 2.24) is 5.32 Å². The molecule has 0 aromatic heterocycles. The van der Waals surface area contributed by atoms with Crippen molar-refractivity contribution in [3.8, 4) is 11.5 Å². The third kappa shape index (κ3) is 4.20. The van der Waals surface area contributed by atoms with Crippen LogP contribution in [0.1, 0.15) is 19.8 Å². The molecule has 0 radical (unpaired) electrons. The average Bonchev–Trinajstić information content (AvgIpc) is 3.20. The number of hydrogen-bond donors (Lipinski definition) is 2. The number of aliphatic hydroxyl groups excluding tert-OH is 1. The van der Waals surface area contributed by atoms with Gasteiger partial charge in [-0.2, -0.15) is 0 Å². The smallest absolute Gasteiger partial charge is 0.161 e. The second-order valence-electron chi connectivity index (χ2n) is 4.53. The summed E-state index contributed by atoms with van der Waals surface area (Å²) in [5.41, 5.74) is 0. The molecular formula is C14H21NO3. The molecule has 18 heavy (non-hydrogen) atoms. The molecule has 0 spiro atoms. The molecule has 2 N–H and O–H groups in total. The summed E-state index contributed by atoms with van der Waals surface area (Å²) in [7, 11) is 0. The van der Waals surface area contributed by atoms with Crippen LogP contribution >= 0.6 is 0 Å². The maximum absolute atomic E-state index is 9.78. The van der Waals surface area contributed by atoms with Crippen molar-refractivity contribution in [2.75, 3.05) is 19.8 Å². The van der Waals surface area contributed by atoms with Gasteiger partial charge in [-0.15, -0.1) is 0 Å². The quantitative estimate of drug-likeness (QED) is 0.736. The Labute approximate surface area is 108 Å². The third-order valence-electron chi connectivity index (χ3n) is 2.80. The van der Waals surface area contributed by atoms with E-state index in [0.29, 0.717) is 24.9 Å². The molecule has 1 unspecified atom stereocenters. The Hall–Kier alpha value is -1.26. The maximum Gasteiger partial charge on any atom is 0.161 e. The third-order valence-corrected chi connectivity index (χ3v) is 2.80. The van der Waals surface area contributed by atoms with Crippen LogP contribution in [0.25, 0.3) is 0 Å². The van der Waals surface area contributed by atoms with Crippen LogP contribution in [0.3, 0.4) is 0 Å². The molecule has 1 saturated carbocycles. The second kappa shape index (κ2) is 6.61. The van der Waals surface area contributed by atoms with E-state index >= 15 is 0 Å². The summed E-state index contributed by atoms with van der Waals surface area (Å²) in [5.74, 6) is 1.41. The number of ether oxygens (including phenoxy) is 2. The van der Waals surface area contributed by atoms with Crippen molar-refractivity contribution in [1.29, 1.82) is 0 Å². The fraction of sp³-hybridized carbons (Fsp3) is 0.571. The van der Waals surface area contributed by atoms with Gasteiger partial charge in [0.2, 0.25) is 0 Å². The van der Waals surface area contributed by atoms with E-state index in [0.717, 1.165) is 5.75 Å². The molecule has 1 aromatic carbocycles. The van der Waals surface area contributed by atoms with E-state index in [1.54, 1.807) is 0 Å². The summed E-state index contributed by atoms with van der Waals surface area (Å²) in [5, 5.41) is 13.1. The maximum atomic E-state index is 9.78. The first-order chi connectivity index (χ1) is 8.79. The van der Waals surface area contributed by atoms with Crippen LogP contribution in [-0.2, 0) is 0 Å². The van der Waals surface area contributed by atoms with Crippen LogP contribution in [0.15, 0.2) is 24.3 Å². The summed E-state index contributed by atoms with van der Waals surface area (Å²) in [6.45, 7) is 3.41.